The minimum Gasteiger partial charge on any atom is -0.495 e. The van der Waals surface area contributed by atoms with Crippen LogP contribution in [-0.4, -0.2) is 20.2 Å². The Morgan fingerprint density at radius 2 is 1.89 bits per heavy atom. The average molecular weight is 338 g/mol. The molecule has 0 amide bonds. The van der Waals surface area contributed by atoms with Gasteiger partial charge in [0.1, 0.15) is 5.75 Å². The van der Waals surface area contributed by atoms with Crippen LogP contribution in [0, 0.1) is 0 Å². The quantitative estimate of drug-likeness (QED) is 0.882. The topological polar surface area (TPSA) is 21.3 Å². The second-order valence-electron chi connectivity index (χ2n) is 4.60. The molecule has 0 spiro atoms. The van der Waals surface area contributed by atoms with Crippen LogP contribution in [0.25, 0.3) is 0 Å². The van der Waals surface area contributed by atoms with Crippen molar-refractivity contribution in [2.24, 2.45) is 0 Å². The van der Waals surface area contributed by atoms with Gasteiger partial charge in [0.15, 0.2) is 0 Å². The van der Waals surface area contributed by atoms with Gasteiger partial charge in [0.2, 0.25) is 0 Å². The molecule has 106 valence electrons. The third kappa shape index (κ3) is 3.23. The van der Waals surface area contributed by atoms with Crippen LogP contribution >= 0.6 is 15.9 Å². The highest BCUT2D eigenvalue weighted by Crippen LogP contribution is 2.42. The zero-order valence-corrected chi connectivity index (χ0v) is 12.1. The van der Waals surface area contributed by atoms with Crippen molar-refractivity contribution in [2.75, 3.05) is 20.2 Å². The molecule has 1 N–H and O–H groups in total. The predicted octanol–water partition coefficient (Wildman–Crippen LogP) is 3.94. The molecule has 0 aromatic heterocycles. The first kappa shape index (κ1) is 14.7. The molecule has 0 aliphatic carbocycles. The van der Waals surface area contributed by atoms with Gasteiger partial charge in [0, 0.05) is 0 Å². The predicted molar refractivity (Wildman–Crippen MR) is 70.5 cm³/mol. The number of ether oxygens (including phenoxy) is 1. The fourth-order valence-electron chi connectivity index (χ4n) is 2.43. The summed E-state index contributed by atoms with van der Waals surface area (Å²) in [7, 11) is 1.48. The number of piperidine rings is 1. The molecule has 19 heavy (non-hydrogen) atoms. The number of hydrogen-bond donors (Lipinski definition) is 1. The summed E-state index contributed by atoms with van der Waals surface area (Å²) in [4.78, 5) is 0. The van der Waals surface area contributed by atoms with Gasteiger partial charge < -0.3 is 10.1 Å². The number of alkyl halides is 3. The van der Waals surface area contributed by atoms with Crippen molar-refractivity contribution in [3.05, 3.63) is 27.7 Å². The van der Waals surface area contributed by atoms with E-state index in [4.69, 9.17) is 4.74 Å². The summed E-state index contributed by atoms with van der Waals surface area (Å²) in [6, 6.07) is 2.29. The lowest BCUT2D eigenvalue weighted by Crippen LogP contribution is -2.27. The number of methoxy groups -OCH3 is 1. The monoisotopic (exact) mass is 337 g/mol. The molecular weight excluding hydrogens is 323 g/mol. The Kier molecular flexibility index (Phi) is 4.40. The number of nitrogens with one attached hydrogen (secondary N) is 1. The summed E-state index contributed by atoms with van der Waals surface area (Å²) in [6.45, 7) is 1.64. The van der Waals surface area contributed by atoms with E-state index in [2.05, 4.69) is 21.2 Å². The molecule has 0 saturated carbocycles. The maximum atomic E-state index is 12.9. The Balaban J connectivity index is 2.46. The van der Waals surface area contributed by atoms with Crippen LogP contribution in [0.3, 0.4) is 0 Å². The molecule has 0 unspecified atom stereocenters. The maximum absolute atomic E-state index is 12.9. The van der Waals surface area contributed by atoms with Crippen LogP contribution in [0.5, 0.6) is 5.75 Å². The van der Waals surface area contributed by atoms with Gasteiger partial charge in [-0.3, -0.25) is 0 Å². The van der Waals surface area contributed by atoms with Gasteiger partial charge in [0.25, 0.3) is 0 Å². The highest BCUT2D eigenvalue weighted by atomic mass is 79.9. The average Bonchev–Trinajstić information content (AvgIpc) is 2.37. The molecule has 1 aromatic rings. The Labute approximate surface area is 118 Å². The third-order valence-electron chi connectivity index (χ3n) is 3.38. The van der Waals surface area contributed by atoms with E-state index in [0.29, 0.717) is 15.8 Å². The first-order valence-corrected chi connectivity index (χ1v) is 6.88. The Bertz CT molecular complexity index is 456. The van der Waals surface area contributed by atoms with E-state index in [1.165, 1.54) is 13.2 Å². The van der Waals surface area contributed by atoms with Crippen molar-refractivity contribution in [1.82, 2.24) is 5.32 Å². The van der Waals surface area contributed by atoms with Crippen molar-refractivity contribution < 1.29 is 17.9 Å². The Morgan fingerprint density at radius 1 is 1.26 bits per heavy atom. The molecule has 6 heteroatoms. The summed E-state index contributed by atoms with van der Waals surface area (Å²) in [5.74, 6) is 0.620. The van der Waals surface area contributed by atoms with E-state index >= 15 is 0 Å². The van der Waals surface area contributed by atoms with Crippen LogP contribution in [0.15, 0.2) is 16.6 Å². The van der Waals surface area contributed by atoms with Gasteiger partial charge >= 0.3 is 6.18 Å². The second-order valence-corrected chi connectivity index (χ2v) is 5.46. The molecule has 2 rings (SSSR count). The van der Waals surface area contributed by atoms with E-state index in [0.717, 1.165) is 32.0 Å². The van der Waals surface area contributed by atoms with Crippen molar-refractivity contribution in [1.29, 1.82) is 0 Å². The largest absolute Gasteiger partial charge is 0.495 e. The second kappa shape index (κ2) is 5.71. The van der Waals surface area contributed by atoms with Crippen LogP contribution in [0.4, 0.5) is 13.2 Å². The number of hydrogen-bond acceptors (Lipinski definition) is 2. The highest BCUT2D eigenvalue weighted by molar-refractivity contribution is 9.10. The molecule has 0 bridgehead atoms. The van der Waals surface area contributed by atoms with Crippen molar-refractivity contribution in [2.45, 2.75) is 24.9 Å². The zero-order valence-electron chi connectivity index (χ0n) is 10.5. The number of halogens is 4. The highest BCUT2D eigenvalue weighted by Gasteiger charge is 2.33. The van der Waals surface area contributed by atoms with Gasteiger partial charge in [-0.05, 0) is 65.5 Å². The van der Waals surface area contributed by atoms with Gasteiger partial charge in [-0.1, -0.05) is 0 Å². The van der Waals surface area contributed by atoms with Crippen molar-refractivity contribution >= 4 is 15.9 Å². The van der Waals surface area contributed by atoms with Gasteiger partial charge in [-0.2, -0.15) is 13.2 Å². The molecule has 1 aromatic carbocycles. The summed E-state index contributed by atoms with van der Waals surface area (Å²) in [6.07, 6.45) is -2.69. The molecule has 0 atom stereocenters. The van der Waals surface area contributed by atoms with Gasteiger partial charge in [0.05, 0.1) is 17.1 Å². The minimum absolute atomic E-state index is 0.106. The van der Waals surface area contributed by atoms with Crippen LogP contribution in [0.1, 0.15) is 29.9 Å². The lowest BCUT2D eigenvalue weighted by molar-refractivity contribution is -0.137. The molecule has 1 heterocycles. The number of benzene rings is 1. The van der Waals surface area contributed by atoms with E-state index in [9.17, 15) is 13.2 Å². The van der Waals surface area contributed by atoms with Crippen molar-refractivity contribution in [3.63, 3.8) is 0 Å². The van der Waals surface area contributed by atoms with E-state index < -0.39 is 11.7 Å². The Morgan fingerprint density at radius 3 is 2.42 bits per heavy atom. The summed E-state index contributed by atoms with van der Waals surface area (Å²) in [5, 5.41) is 3.21. The maximum Gasteiger partial charge on any atom is 0.416 e. The molecule has 1 fully saturated rings. The molecule has 0 radical (unpaired) electrons. The third-order valence-corrected chi connectivity index (χ3v) is 3.97. The van der Waals surface area contributed by atoms with Crippen LogP contribution in [0.2, 0.25) is 0 Å². The lowest BCUT2D eigenvalue weighted by Gasteiger charge is -2.26. The SMILES string of the molecule is COc1c(Br)cc(C(F)(F)F)cc1C1CCNCC1. The smallest absolute Gasteiger partial charge is 0.416 e. The first-order chi connectivity index (χ1) is 8.93. The molecular formula is C13H15BrF3NO. The summed E-state index contributed by atoms with van der Waals surface area (Å²) >= 11 is 3.18. The summed E-state index contributed by atoms with van der Waals surface area (Å²) in [5.41, 5.74) is 0.0133. The van der Waals surface area contributed by atoms with E-state index in [1.807, 2.05) is 0 Å². The fourth-order valence-corrected chi connectivity index (χ4v) is 3.07. The van der Waals surface area contributed by atoms with Crippen LogP contribution < -0.4 is 10.1 Å². The summed E-state index contributed by atoms with van der Waals surface area (Å²) < 4.78 is 44.3. The zero-order chi connectivity index (χ0) is 14.0. The molecule has 1 aliphatic rings. The van der Waals surface area contributed by atoms with Crippen LogP contribution in [-0.2, 0) is 6.18 Å². The normalized spacial score (nSPS) is 17.5. The molecule has 1 saturated heterocycles. The van der Waals surface area contributed by atoms with Crippen molar-refractivity contribution in [3.8, 4) is 5.75 Å². The Hall–Kier alpha value is -0.750. The van der Waals surface area contributed by atoms with Gasteiger partial charge in [-0.25, -0.2) is 0 Å². The number of rotatable bonds is 2. The lowest BCUT2D eigenvalue weighted by atomic mass is 9.88. The van der Waals surface area contributed by atoms with Gasteiger partial charge in [-0.15, -0.1) is 0 Å². The first-order valence-electron chi connectivity index (χ1n) is 6.09. The molecule has 2 nitrogen and oxygen atoms in total. The van der Waals surface area contributed by atoms with E-state index in [1.54, 1.807) is 0 Å². The minimum atomic E-state index is -4.34. The van der Waals surface area contributed by atoms with E-state index in [-0.39, 0.29) is 5.92 Å². The standard InChI is InChI=1S/C13H15BrF3NO/c1-19-12-10(8-2-4-18-5-3-8)6-9(7-11(12)14)13(15,16)17/h6-8,18H,2-5H2,1H3. The fraction of sp³-hybridized carbons (Fsp3) is 0.538. The molecule has 1 aliphatic heterocycles.